The van der Waals surface area contributed by atoms with E-state index in [0.717, 1.165) is 0 Å². The summed E-state index contributed by atoms with van der Waals surface area (Å²) in [4.78, 5) is 14.0. The molecule has 98 valence electrons. The third-order valence-electron chi connectivity index (χ3n) is 3.07. The number of benzene rings is 1. The number of aromatic nitrogens is 1. The van der Waals surface area contributed by atoms with Crippen molar-refractivity contribution in [3.63, 3.8) is 0 Å². The largest absolute Gasteiger partial charge is 0.340 e. The van der Waals surface area contributed by atoms with Crippen LogP contribution in [-0.4, -0.2) is 18.2 Å². The molecule has 0 unspecified atom stereocenters. The van der Waals surface area contributed by atoms with E-state index >= 15 is 0 Å². The lowest BCUT2D eigenvalue weighted by atomic mass is 9.98. The lowest BCUT2D eigenvalue weighted by Crippen LogP contribution is -2.30. The molecule has 1 N–H and O–H groups in total. The first-order valence-electron chi connectivity index (χ1n) is 5.94. The van der Waals surface area contributed by atoms with E-state index in [0.29, 0.717) is 24.3 Å². The first-order valence-corrected chi connectivity index (χ1v) is 5.94. The molecule has 3 rings (SSSR count). The predicted octanol–water partition coefficient (Wildman–Crippen LogP) is 1.76. The molecule has 0 spiro atoms. The molecule has 0 saturated carbocycles. The number of aromatic amines is 1. The molecule has 2 aromatic rings. The third kappa shape index (κ3) is 2.07. The molecule has 1 aliphatic heterocycles. The van der Waals surface area contributed by atoms with Crippen LogP contribution >= 0.6 is 0 Å². The quantitative estimate of drug-likeness (QED) is 0.896. The summed E-state index contributed by atoms with van der Waals surface area (Å²) in [6.45, 7) is 0.842. The minimum atomic E-state index is -1.12. The van der Waals surface area contributed by atoms with Crippen LogP contribution in [-0.2, 0) is 15.3 Å². The predicted molar refractivity (Wildman–Crippen MR) is 66.1 cm³/mol. The van der Waals surface area contributed by atoms with Crippen molar-refractivity contribution in [2.24, 2.45) is 0 Å². The summed E-state index contributed by atoms with van der Waals surface area (Å²) in [7, 11) is 0. The third-order valence-corrected chi connectivity index (χ3v) is 3.07. The zero-order chi connectivity index (χ0) is 13.3. The molecular formula is C14H12FNO3. The maximum absolute atomic E-state index is 13.0. The van der Waals surface area contributed by atoms with Gasteiger partial charge in [-0.25, -0.2) is 4.39 Å². The van der Waals surface area contributed by atoms with Crippen molar-refractivity contribution in [2.75, 3.05) is 13.2 Å². The van der Waals surface area contributed by atoms with E-state index in [1.165, 1.54) is 24.4 Å². The van der Waals surface area contributed by atoms with E-state index in [-0.39, 0.29) is 11.4 Å². The van der Waals surface area contributed by atoms with Gasteiger partial charge in [-0.3, -0.25) is 4.79 Å². The highest BCUT2D eigenvalue weighted by Crippen LogP contribution is 2.37. The van der Waals surface area contributed by atoms with Crippen LogP contribution in [0.25, 0.3) is 0 Å². The number of nitrogens with one attached hydrogen (secondary N) is 1. The monoisotopic (exact) mass is 261 g/mol. The summed E-state index contributed by atoms with van der Waals surface area (Å²) in [6.07, 6.45) is 1.54. The summed E-state index contributed by atoms with van der Waals surface area (Å²) in [5.74, 6) is -1.45. The average Bonchev–Trinajstić information content (AvgIpc) is 2.90. The smallest absolute Gasteiger partial charge is 0.248 e. The van der Waals surface area contributed by atoms with E-state index in [2.05, 4.69) is 4.98 Å². The summed E-state index contributed by atoms with van der Waals surface area (Å²) in [5, 5.41) is 0. The number of hydrogen-bond donors (Lipinski definition) is 1. The molecule has 4 nitrogen and oxygen atoms in total. The Hall–Kier alpha value is -1.98. The van der Waals surface area contributed by atoms with Gasteiger partial charge in [-0.05, 0) is 18.2 Å². The zero-order valence-electron chi connectivity index (χ0n) is 10.1. The Balaban J connectivity index is 2.14. The van der Waals surface area contributed by atoms with Crippen LogP contribution in [0.3, 0.4) is 0 Å². The molecule has 0 bridgehead atoms. The van der Waals surface area contributed by atoms with Crippen LogP contribution in [0.1, 0.15) is 11.1 Å². The van der Waals surface area contributed by atoms with Gasteiger partial charge in [0.1, 0.15) is 5.82 Å². The second-order valence-electron chi connectivity index (χ2n) is 4.26. The molecule has 19 heavy (non-hydrogen) atoms. The first kappa shape index (κ1) is 12.1. The molecule has 1 aromatic heterocycles. The zero-order valence-corrected chi connectivity index (χ0v) is 10.1. The maximum atomic E-state index is 13.0. The average molecular weight is 261 g/mol. The SMILES string of the molecule is O=c1cc(C2(c3ccc(F)cc3)OCCO2)cc[nH]1. The van der Waals surface area contributed by atoms with Crippen LogP contribution < -0.4 is 5.56 Å². The van der Waals surface area contributed by atoms with Gasteiger partial charge in [0.15, 0.2) is 0 Å². The van der Waals surface area contributed by atoms with Crippen molar-refractivity contribution in [1.82, 2.24) is 4.98 Å². The van der Waals surface area contributed by atoms with Crippen molar-refractivity contribution < 1.29 is 13.9 Å². The molecular weight excluding hydrogens is 249 g/mol. The molecule has 0 amide bonds. The molecule has 0 aliphatic carbocycles. The Bertz CT molecular complexity index is 630. The van der Waals surface area contributed by atoms with Crippen LogP contribution in [0.15, 0.2) is 47.4 Å². The summed E-state index contributed by atoms with van der Waals surface area (Å²) in [5.41, 5.74) is 1.02. The van der Waals surface area contributed by atoms with Gasteiger partial charge in [0.2, 0.25) is 11.3 Å². The van der Waals surface area contributed by atoms with Crippen molar-refractivity contribution in [2.45, 2.75) is 5.79 Å². The fourth-order valence-corrected chi connectivity index (χ4v) is 2.23. The number of ether oxygens (including phenoxy) is 2. The van der Waals surface area contributed by atoms with E-state index in [9.17, 15) is 9.18 Å². The van der Waals surface area contributed by atoms with E-state index < -0.39 is 5.79 Å². The highest BCUT2D eigenvalue weighted by Gasteiger charge is 2.40. The molecule has 5 heteroatoms. The van der Waals surface area contributed by atoms with Crippen LogP contribution in [0.2, 0.25) is 0 Å². The Morgan fingerprint density at radius 2 is 1.74 bits per heavy atom. The lowest BCUT2D eigenvalue weighted by molar-refractivity contribution is -0.130. The standard InChI is InChI=1S/C14H12FNO3/c15-12-3-1-10(2-4-12)14(18-7-8-19-14)11-5-6-16-13(17)9-11/h1-6,9H,7-8H2,(H,16,17). The maximum Gasteiger partial charge on any atom is 0.248 e. The van der Waals surface area contributed by atoms with Crippen LogP contribution in [0.4, 0.5) is 4.39 Å². The molecule has 2 heterocycles. The molecule has 1 aromatic carbocycles. The summed E-state index contributed by atoms with van der Waals surface area (Å²) in [6, 6.07) is 9.03. The summed E-state index contributed by atoms with van der Waals surface area (Å²) >= 11 is 0. The Morgan fingerprint density at radius 3 is 2.37 bits per heavy atom. The van der Waals surface area contributed by atoms with Crippen molar-refractivity contribution in [3.05, 3.63) is 69.9 Å². The first-order chi connectivity index (χ1) is 9.21. The Kier molecular flexibility index (Phi) is 2.93. The fraction of sp³-hybridized carbons (Fsp3) is 0.214. The highest BCUT2D eigenvalue weighted by molar-refractivity contribution is 5.33. The molecule has 0 radical (unpaired) electrons. The van der Waals surface area contributed by atoms with Crippen molar-refractivity contribution in [1.29, 1.82) is 0 Å². The number of H-pyrrole nitrogens is 1. The number of hydrogen-bond acceptors (Lipinski definition) is 3. The minimum absolute atomic E-state index is 0.238. The number of halogens is 1. The van der Waals surface area contributed by atoms with E-state index in [1.807, 2.05) is 0 Å². The van der Waals surface area contributed by atoms with Crippen molar-refractivity contribution >= 4 is 0 Å². The van der Waals surface area contributed by atoms with Gasteiger partial charge in [-0.2, -0.15) is 0 Å². The lowest BCUT2D eigenvalue weighted by Gasteiger charge is -2.28. The fourth-order valence-electron chi connectivity index (χ4n) is 2.23. The topological polar surface area (TPSA) is 51.3 Å². The second-order valence-corrected chi connectivity index (χ2v) is 4.26. The second kappa shape index (κ2) is 4.60. The molecule has 1 fully saturated rings. The van der Waals surface area contributed by atoms with Gasteiger partial charge in [-0.15, -0.1) is 0 Å². The van der Waals surface area contributed by atoms with Crippen LogP contribution in [0, 0.1) is 5.82 Å². The minimum Gasteiger partial charge on any atom is -0.340 e. The van der Waals surface area contributed by atoms with Gasteiger partial charge in [-0.1, -0.05) is 12.1 Å². The Labute approximate surface area is 108 Å². The number of rotatable bonds is 2. The molecule has 1 aliphatic rings. The summed E-state index contributed by atoms with van der Waals surface area (Å²) < 4.78 is 24.4. The molecule has 1 saturated heterocycles. The Morgan fingerprint density at radius 1 is 1.05 bits per heavy atom. The number of pyridine rings is 1. The van der Waals surface area contributed by atoms with Crippen LogP contribution in [0.5, 0.6) is 0 Å². The van der Waals surface area contributed by atoms with E-state index in [1.54, 1.807) is 18.2 Å². The van der Waals surface area contributed by atoms with Gasteiger partial charge in [0.05, 0.1) is 13.2 Å². The van der Waals surface area contributed by atoms with Gasteiger partial charge in [0.25, 0.3) is 0 Å². The molecule has 0 atom stereocenters. The van der Waals surface area contributed by atoms with Gasteiger partial charge < -0.3 is 14.5 Å². The highest BCUT2D eigenvalue weighted by atomic mass is 19.1. The van der Waals surface area contributed by atoms with Gasteiger partial charge >= 0.3 is 0 Å². The van der Waals surface area contributed by atoms with Crippen molar-refractivity contribution in [3.8, 4) is 0 Å². The van der Waals surface area contributed by atoms with E-state index in [4.69, 9.17) is 9.47 Å². The normalized spacial score (nSPS) is 17.5. The van der Waals surface area contributed by atoms with Gasteiger partial charge in [0, 0.05) is 23.4 Å².